The van der Waals surface area contributed by atoms with E-state index in [1.54, 1.807) is 24.1 Å². The lowest BCUT2D eigenvalue weighted by atomic mass is 10.1. The summed E-state index contributed by atoms with van der Waals surface area (Å²) in [7, 11) is 1.55. The number of methoxy groups -OCH3 is 1. The van der Waals surface area contributed by atoms with Gasteiger partial charge in [-0.25, -0.2) is 0 Å². The number of carbonyl (C=O) groups excluding carboxylic acids is 2. The van der Waals surface area contributed by atoms with E-state index in [1.165, 1.54) is 0 Å². The van der Waals surface area contributed by atoms with E-state index in [-0.39, 0.29) is 30.7 Å². The Balaban J connectivity index is 1.66. The van der Waals surface area contributed by atoms with Crippen molar-refractivity contribution in [2.75, 3.05) is 25.2 Å². The van der Waals surface area contributed by atoms with Crippen LogP contribution in [0.4, 0.5) is 5.69 Å². The molecule has 1 atom stereocenters. The molecule has 2 aromatic carbocycles. The Labute approximate surface area is 182 Å². The number of ether oxygens (including phenoxy) is 2. The Morgan fingerprint density at radius 3 is 2.73 bits per heavy atom. The standard InChI is InChI=1S/C23H27ClN2O4/c1-4-16-8-6-7-9-19(16)26-14-17(12-21(26)27)23(28)25-13-15-10-18(24)22(30-5-2)20(11-15)29-3/h6-11,17H,4-5,12-14H2,1-3H3,(H,25,28). The van der Waals surface area contributed by atoms with E-state index >= 15 is 0 Å². The maximum absolute atomic E-state index is 12.7. The first-order valence-electron chi connectivity index (χ1n) is 10.1. The summed E-state index contributed by atoms with van der Waals surface area (Å²) in [6.07, 6.45) is 1.04. The third-order valence-electron chi connectivity index (χ3n) is 5.20. The van der Waals surface area contributed by atoms with Crippen molar-refractivity contribution in [3.63, 3.8) is 0 Å². The summed E-state index contributed by atoms with van der Waals surface area (Å²) in [5.74, 6) is 0.448. The lowest BCUT2D eigenvalue weighted by Gasteiger charge is -2.20. The topological polar surface area (TPSA) is 67.9 Å². The van der Waals surface area contributed by atoms with Gasteiger partial charge in [0.15, 0.2) is 11.5 Å². The molecule has 0 aromatic heterocycles. The van der Waals surface area contributed by atoms with Gasteiger partial charge in [-0.1, -0.05) is 36.7 Å². The van der Waals surface area contributed by atoms with Gasteiger partial charge in [0.2, 0.25) is 11.8 Å². The third-order valence-corrected chi connectivity index (χ3v) is 5.48. The summed E-state index contributed by atoms with van der Waals surface area (Å²) >= 11 is 6.30. The molecular formula is C23H27ClN2O4. The number of benzene rings is 2. The van der Waals surface area contributed by atoms with Crippen molar-refractivity contribution in [1.82, 2.24) is 5.32 Å². The molecule has 0 aliphatic carbocycles. The van der Waals surface area contributed by atoms with Gasteiger partial charge >= 0.3 is 0 Å². The minimum Gasteiger partial charge on any atom is -0.493 e. The Bertz CT molecular complexity index is 931. The highest BCUT2D eigenvalue weighted by Gasteiger charge is 2.35. The lowest BCUT2D eigenvalue weighted by molar-refractivity contribution is -0.126. The summed E-state index contributed by atoms with van der Waals surface area (Å²) in [4.78, 5) is 27.0. The van der Waals surface area contributed by atoms with Gasteiger partial charge in [-0.2, -0.15) is 0 Å². The smallest absolute Gasteiger partial charge is 0.227 e. The highest BCUT2D eigenvalue weighted by molar-refractivity contribution is 6.32. The number of carbonyl (C=O) groups is 2. The molecule has 3 rings (SSSR count). The zero-order valence-electron chi connectivity index (χ0n) is 17.5. The molecule has 160 valence electrons. The molecule has 0 bridgehead atoms. The van der Waals surface area contributed by atoms with Crippen molar-refractivity contribution in [2.24, 2.45) is 5.92 Å². The van der Waals surface area contributed by atoms with Crippen molar-refractivity contribution in [3.8, 4) is 11.5 Å². The molecule has 1 N–H and O–H groups in total. The van der Waals surface area contributed by atoms with Crippen LogP contribution in [-0.2, 0) is 22.6 Å². The average Bonchev–Trinajstić information content (AvgIpc) is 3.15. The van der Waals surface area contributed by atoms with Gasteiger partial charge in [0.25, 0.3) is 0 Å². The summed E-state index contributed by atoms with van der Waals surface area (Å²) < 4.78 is 10.9. The summed E-state index contributed by atoms with van der Waals surface area (Å²) in [6.45, 7) is 5.07. The minimum atomic E-state index is -0.387. The molecule has 0 saturated carbocycles. The van der Waals surface area contributed by atoms with Gasteiger partial charge in [-0.3, -0.25) is 9.59 Å². The summed E-state index contributed by atoms with van der Waals surface area (Å²) in [6, 6.07) is 11.4. The number of anilines is 1. The molecule has 1 saturated heterocycles. The molecule has 2 amide bonds. The first-order valence-corrected chi connectivity index (χ1v) is 10.5. The number of rotatable bonds is 8. The fraction of sp³-hybridized carbons (Fsp3) is 0.391. The van der Waals surface area contributed by atoms with Crippen molar-refractivity contribution in [3.05, 3.63) is 52.5 Å². The first-order chi connectivity index (χ1) is 14.5. The lowest BCUT2D eigenvalue weighted by Crippen LogP contribution is -2.32. The number of amides is 2. The Morgan fingerprint density at radius 2 is 2.03 bits per heavy atom. The zero-order valence-corrected chi connectivity index (χ0v) is 18.3. The Morgan fingerprint density at radius 1 is 1.27 bits per heavy atom. The van der Waals surface area contributed by atoms with E-state index in [0.717, 1.165) is 23.2 Å². The molecule has 0 spiro atoms. The SMILES string of the molecule is CCOc1c(Cl)cc(CNC(=O)C2CC(=O)N(c3ccccc3CC)C2)cc1OC. The fourth-order valence-corrected chi connectivity index (χ4v) is 3.97. The molecule has 1 aliphatic heterocycles. The van der Waals surface area contributed by atoms with Crippen LogP contribution in [0.15, 0.2) is 36.4 Å². The summed E-state index contributed by atoms with van der Waals surface area (Å²) in [5, 5.41) is 3.35. The van der Waals surface area contributed by atoms with Crippen LogP contribution in [-0.4, -0.2) is 32.1 Å². The molecule has 1 aliphatic rings. The zero-order chi connectivity index (χ0) is 21.7. The van der Waals surface area contributed by atoms with Crippen LogP contribution < -0.4 is 19.7 Å². The van der Waals surface area contributed by atoms with Gasteiger partial charge in [0.05, 0.1) is 24.7 Å². The monoisotopic (exact) mass is 430 g/mol. The van der Waals surface area contributed by atoms with Crippen molar-refractivity contribution in [1.29, 1.82) is 0 Å². The van der Waals surface area contributed by atoms with Crippen molar-refractivity contribution in [2.45, 2.75) is 33.2 Å². The van der Waals surface area contributed by atoms with Gasteiger partial charge in [-0.15, -0.1) is 0 Å². The molecular weight excluding hydrogens is 404 g/mol. The maximum atomic E-state index is 12.7. The predicted octanol–water partition coefficient (Wildman–Crippen LogP) is 3.98. The van der Waals surface area contributed by atoms with Gasteiger partial charge in [0, 0.05) is 25.2 Å². The maximum Gasteiger partial charge on any atom is 0.227 e. The van der Waals surface area contributed by atoms with E-state index in [9.17, 15) is 9.59 Å². The first kappa shape index (κ1) is 22.0. The molecule has 30 heavy (non-hydrogen) atoms. The van der Waals surface area contributed by atoms with Crippen LogP contribution in [0.3, 0.4) is 0 Å². The number of aryl methyl sites for hydroxylation is 1. The van der Waals surface area contributed by atoms with Crippen LogP contribution in [0.2, 0.25) is 5.02 Å². The van der Waals surface area contributed by atoms with Crippen LogP contribution in [0.5, 0.6) is 11.5 Å². The van der Waals surface area contributed by atoms with E-state index < -0.39 is 0 Å². The Hall–Kier alpha value is -2.73. The molecule has 1 fully saturated rings. The quantitative estimate of drug-likeness (QED) is 0.687. The minimum absolute atomic E-state index is 0.0261. The van der Waals surface area contributed by atoms with Gasteiger partial charge in [0.1, 0.15) is 0 Å². The summed E-state index contributed by atoms with van der Waals surface area (Å²) in [5.41, 5.74) is 2.79. The second kappa shape index (κ2) is 9.85. The van der Waals surface area contributed by atoms with E-state index in [2.05, 4.69) is 12.2 Å². The molecule has 7 heteroatoms. The van der Waals surface area contributed by atoms with Crippen LogP contribution in [0.1, 0.15) is 31.4 Å². The van der Waals surface area contributed by atoms with Crippen LogP contribution in [0, 0.1) is 5.92 Å². The number of nitrogens with one attached hydrogen (secondary N) is 1. The van der Waals surface area contributed by atoms with Crippen LogP contribution in [0.25, 0.3) is 0 Å². The molecule has 6 nitrogen and oxygen atoms in total. The van der Waals surface area contributed by atoms with Gasteiger partial charge in [-0.05, 0) is 42.7 Å². The van der Waals surface area contributed by atoms with E-state index in [0.29, 0.717) is 29.7 Å². The molecule has 1 unspecified atom stereocenters. The number of halogens is 1. The average molecular weight is 431 g/mol. The second-order valence-corrected chi connectivity index (χ2v) is 7.55. The van der Waals surface area contributed by atoms with Crippen LogP contribution >= 0.6 is 11.6 Å². The number of para-hydroxylation sites is 1. The highest BCUT2D eigenvalue weighted by Crippen LogP contribution is 2.36. The molecule has 1 heterocycles. The normalized spacial score (nSPS) is 15.9. The largest absolute Gasteiger partial charge is 0.493 e. The molecule has 0 radical (unpaired) electrons. The second-order valence-electron chi connectivity index (χ2n) is 7.15. The highest BCUT2D eigenvalue weighted by atomic mass is 35.5. The van der Waals surface area contributed by atoms with E-state index in [4.69, 9.17) is 21.1 Å². The predicted molar refractivity (Wildman–Crippen MR) is 117 cm³/mol. The third kappa shape index (κ3) is 4.70. The van der Waals surface area contributed by atoms with Crippen molar-refractivity contribution >= 4 is 29.1 Å². The Kier molecular flexibility index (Phi) is 7.21. The van der Waals surface area contributed by atoms with E-state index in [1.807, 2.05) is 31.2 Å². The van der Waals surface area contributed by atoms with Gasteiger partial charge < -0.3 is 19.7 Å². The van der Waals surface area contributed by atoms with Crippen molar-refractivity contribution < 1.29 is 19.1 Å². The fourth-order valence-electron chi connectivity index (χ4n) is 3.68. The molecule has 2 aromatic rings. The number of nitrogens with zero attached hydrogens (tertiary/aromatic N) is 1. The number of hydrogen-bond donors (Lipinski definition) is 1. The number of hydrogen-bond acceptors (Lipinski definition) is 4.